The van der Waals surface area contributed by atoms with Crippen molar-refractivity contribution in [3.63, 3.8) is 0 Å². The number of carbonyl (C=O) groups excluding carboxylic acids is 2. The number of benzene rings is 1. The van der Waals surface area contributed by atoms with Gasteiger partial charge in [-0.2, -0.15) is 0 Å². The van der Waals surface area contributed by atoms with E-state index in [4.69, 9.17) is 0 Å². The number of halogens is 1. The van der Waals surface area contributed by atoms with Crippen LogP contribution in [0.4, 0.5) is 5.69 Å². The van der Waals surface area contributed by atoms with Crippen LogP contribution in [0.1, 0.15) is 31.9 Å². The molecule has 5 heteroatoms. The molecule has 1 unspecified atom stereocenters. The van der Waals surface area contributed by atoms with E-state index in [0.717, 1.165) is 21.3 Å². The van der Waals surface area contributed by atoms with Gasteiger partial charge in [0.05, 0.1) is 0 Å². The molecule has 1 fully saturated rings. The van der Waals surface area contributed by atoms with Gasteiger partial charge in [0, 0.05) is 10.2 Å². The molecule has 1 saturated heterocycles. The zero-order valence-corrected chi connectivity index (χ0v) is 14.0. The van der Waals surface area contributed by atoms with Crippen LogP contribution >= 0.6 is 15.9 Å². The van der Waals surface area contributed by atoms with Crippen LogP contribution in [0.25, 0.3) is 0 Å². The van der Waals surface area contributed by atoms with Crippen molar-refractivity contribution < 1.29 is 9.59 Å². The number of hydrogen-bond donors (Lipinski definition) is 1. The first-order valence-electron chi connectivity index (χ1n) is 6.57. The topological polar surface area (TPSA) is 49.4 Å². The Kier molecular flexibility index (Phi) is 3.67. The number of anilines is 1. The Bertz CT molecular complexity index is 573. The molecule has 1 heterocycles. The second-order valence-corrected chi connectivity index (χ2v) is 6.65. The fourth-order valence-corrected chi connectivity index (χ4v) is 2.69. The van der Waals surface area contributed by atoms with Crippen molar-refractivity contribution >= 4 is 33.4 Å². The maximum atomic E-state index is 12.6. The summed E-state index contributed by atoms with van der Waals surface area (Å²) in [6.45, 7) is 9.15. The highest BCUT2D eigenvalue weighted by atomic mass is 79.9. The van der Waals surface area contributed by atoms with Crippen LogP contribution in [-0.2, 0) is 9.59 Å². The number of carbonyl (C=O) groups is 2. The molecule has 0 saturated carbocycles. The highest BCUT2D eigenvalue weighted by molar-refractivity contribution is 9.10. The lowest BCUT2D eigenvalue weighted by Gasteiger charge is -2.41. The maximum absolute atomic E-state index is 12.6. The minimum absolute atomic E-state index is 0.0919. The predicted octanol–water partition coefficient (Wildman–Crippen LogP) is 2.70. The van der Waals surface area contributed by atoms with Crippen LogP contribution in [0, 0.1) is 13.8 Å². The summed E-state index contributed by atoms with van der Waals surface area (Å²) in [7, 11) is 0. The van der Waals surface area contributed by atoms with Crippen molar-refractivity contribution in [1.82, 2.24) is 5.32 Å². The molecule has 1 aromatic rings. The van der Waals surface area contributed by atoms with E-state index in [0.29, 0.717) is 0 Å². The van der Waals surface area contributed by atoms with Crippen molar-refractivity contribution in [2.75, 3.05) is 4.90 Å². The molecule has 2 rings (SSSR count). The van der Waals surface area contributed by atoms with Crippen molar-refractivity contribution in [3.8, 4) is 0 Å². The average Bonchev–Trinajstić information content (AvgIpc) is 2.33. The van der Waals surface area contributed by atoms with Crippen molar-refractivity contribution in [2.24, 2.45) is 0 Å². The molecule has 0 aromatic heterocycles. The van der Waals surface area contributed by atoms with Gasteiger partial charge < -0.3 is 5.32 Å². The van der Waals surface area contributed by atoms with Crippen LogP contribution in [0.5, 0.6) is 0 Å². The molecule has 1 aliphatic heterocycles. The fourth-order valence-electron chi connectivity index (χ4n) is 2.46. The van der Waals surface area contributed by atoms with Gasteiger partial charge in [0.1, 0.15) is 11.6 Å². The van der Waals surface area contributed by atoms with Crippen LogP contribution in [0.15, 0.2) is 16.6 Å². The third kappa shape index (κ3) is 2.35. The summed E-state index contributed by atoms with van der Waals surface area (Å²) in [4.78, 5) is 26.3. The second-order valence-electron chi connectivity index (χ2n) is 5.86. The van der Waals surface area contributed by atoms with Crippen LogP contribution < -0.4 is 10.2 Å². The van der Waals surface area contributed by atoms with E-state index >= 15 is 0 Å². The molecule has 0 bridgehead atoms. The van der Waals surface area contributed by atoms with Crippen LogP contribution in [0.3, 0.4) is 0 Å². The third-order valence-electron chi connectivity index (χ3n) is 3.66. The Morgan fingerprint density at radius 2 is 1.70 bits per heavy atom. The van der Waals surface area contributed by atoms with Crippen molar-refractivity contribution in [3.05, 3.63) is 27.7 Å². The number of nitrogens with zero attached hydrogens (tertiary/aromatic N) is 1. The predicted molar refractivity (Wildman–Crippen MR) is 82.8 cm³/mol. The molecule has 0 spiro atoms. The van der Waals surface area contributed by atoms with Gasteiger partial charge in [-0.25, -0.2) is 0 Å². The molecular weight excluding hydrogens is 320 g/mol. The lowest BCUT2D eigenvalue weighted by molar-refractivity contribution is -0.136. The minimum atomic E-state index is -0.877. The van der Waals surface area contributed by atoms with Gasteiger partial charge >= 0.3 is 0 Å². The largest absolute Gasteiger partial charge is 0.340 e. The number of rotatable bonds is 1. The monoisotopic (exact) mass is 338 g/mol. The third-order valence-corrected chi connectivity index (χ3v) is 4.91. The molecule has 1 atom stereocenters. The Morgan fingerprint density at radius 1 is 1.20 bits per heavy atom. The van der Waals surface area contributed by atoms with Crippen molar-refractivity contribution in [1.29, 1.82) is 0 Å². The molecule has 1 N–H and O–H groups in total. The fraction of sp³-hybridized carbons (Fsp3) is 0.467. The van der Waals surface area contributed by atoms with Gasteiger partial charge in [0.25, 0.3) is 5.91 Å². The molecule has 1 aliphatic rings. The van der Waals surface area contributed by atoms with E-state index in [9.17, 15) is 9.59 Å². The highest BCUT2D eigenvalue weighted by Crippen LogP contribution is 2.31. The molecule has 2 amide bonds. The van der Waals surface area contributed by atoms with Crippen LogP contribution in [0.2, 0.25) is 0 Å². The smallest absolute Gasteiger partial charge is 0.252 e. The first-order chi connectivity index (χ1) is 9.15. The lowest BCUT2D eigenvalue weighted by atomic mass is 9.96. The van der Waals surface area contributed by atoms with Crippen molar-refractivity contribution in [2.45, 2.75) is 46.2 Å². The van der Waals surface area contributed by atoms with Gasteiger partial charge in [0.2, 0.25) is 5.91 Å². The summed E-state index contributed by atoms with van der Waals surface area (Å²) in [6.07, 6.45) is 0. The van der Waals surface area contributed by atoms with E-state index in [-0.39, 0.29) is 11.8 Å². The molecule has 4 nitrogen and oxygen atoms in total. The van der Waals surface area contributed by atoms with Gasteiger partial charge in [-0.1, -0.05) is 15.9 Å². The van der Waals surface area contributed by atoms with E-state index < -0.39 is 11.6 Å². The number of piperazine rings is 1. The van der Waals surface area contributed by atoms with E-state index in [1.807, 2.05) is 26.0 Å². The number of amides is 2. The molecule has 20 heavy (non-hydrogen) atoms. The average molecular weight is 339 g/mol. The molecule has 1 aromatic carbocycles. The molecule has 108 valence electrons. The van der Waals surface area contributed by atoms with Gasteiger partial charge in [0.15, 0.2) is 0 Å². The number of nitrogens with one attached hydrogen (secondary N) is 1. The molecular formula is C15H19BrN2O2. The summed E-state index contributed by atoms with van der Waals surface area (Å²) in [5.41, 5.74) is 1.98. The number of hydrogen-bond acceptors (Lipinski definition) is 2. The first-order valence-corrected chi connectivity index (χ1v) is 7.37. The maximum Gasteiger partial charge on any atom is 0.252 e. The summed E-state index contributed by atoms with van der Waals surface area (Å²) < 4.78 is 1.03. The van der Waals surface area contributed by atoms with Gasteiger partial charge in [-0.15, -0.1) is 0 Å². The quantitative estimate of drug-likeness (QED) is 0.855. The van der Waals surface area contributed by atoms with E-state index in [1.54, 1.807) is 25.7 Å². The first kappa shape index (κ1) is 15.0. The summed E-state index contributed by atoms with van der Waals surface area (Å²) in [5.74, 6) is -0.224. The zero-order valence-electron chi connectivity index (χ0n) is 12.4. The lowest BCUT2D eigenvalue weighted by Crippen LogP contribution is -2.67. The Morgan fingerprint density at radius 3 is 2.20 bits per heavy atom. The summed E-state index contributed by atoms with van der Waals surface area (Å²) >= 11 is 3.52. The van der Waals surface area contributed by atoms with E-state index in [2.05, 4.69) is 21.2 Å². The number of aryl methyl sites for hydroxylation is 2. The second kappa shape index (κ2) is 4.88. The van der Waals surface area contributed by atoms with E-state index in [1.165, 1.54) is 0 Å². The Balaban J connectivity index is 2.54. The highest BCUT2D eigenvalue weighted by Gasteiger charge is 2.44. The standard InChI is InChI=1S/C15H19BrN2O2/c1-8-6-11(7-9(2)12(8)16)18-10(3)13(19)17-15(4,5)14(18)20/h6-7,10H,1-5H3,(H,17,19). The molecule has 0 aliphatic carbocycles. The SMILES string of the molecule is Cc1cc(N2C(=O)C(C)(C)NC(=O)C2C)cc(C)c1Br. The zero-order chi connectivity index (χ0) is 15.2. The summed E-state index contributed by atoms with van der Waals surface area (Å²) in [6, 6.07) is 3.36. The molecule has 0 radical (unpaired) electrons. The minimum Gasteiger partial charge on any atom is -0.340 e. The normalized spacial score (nSPS) is 21.9. The van der Waals surface area contributed by atoms with Gasteiger partial charge in [-0.3, -0.25) is 14.5 Å². The Hall–Kier alpha value is -1.36. The van der Waals surface area contributed by atoms with Gasteiger partial charge in [-0.05, 0) is 57.9 Å². The summed E-state index contributed by atoms with van der Waals surface area (Å²) in [5, 5.41) is 2.76. The Labute approximate surface area is 127 Å². The van der Waals surface area contributed by atoms with Crippen LogP contribution in [-0.4, -0.2) is 23.4 Å².